The van der Waals surface area contributed by atoms with Crippen molar-refractivity contribution in [1.29, 1.82) is 0 Å². The van der Waals surface area contributed by atoms with E-state index in [1.54, 1.807) is 50.2 Å². The number of alkyl halides is 1. The minimum atomic E-state index is -1.99. The largest absolute Gasteiger partial charge is 0.459 e. The molecular formula is C21H21ClO6. The first-order valence-electron chi connectivity index (χ1n) is 8.85. The summed E-state index contributed by atoms with van der Waals surface area (Å²) >= 11 is 5.88. The summed E-state index contributed by atoms with van der Waals surface area (Å²) in [6, 6.07) is 14.0. The Kier molecular flexibility index (Phi) is 6.03. The van der Waals surface area contributed by atoms with E-state index in [0.29, 0.717) is 11.1 Å². The molecule has 1 N–H and O–H groups in total. The van der Waals surface area contributed by atoms with Crippen LogP contribution in [0.15, 0.2) is 48.5 Å². The molecule has 1 unspecified atom stereocenters. The molecule has 1 fully saturated rings. The molecule has 0 radical (unpaired) electrons. The summed E-state index contributed by atoms with van der Waals surface area (Å²) in [6.45, 7) is 3.38. The maximum absolute atomic E-state index is 12.5. The Morgan fingerprint density at radius 2 is 1.61 bits per heavy atom. The van der Waals surface area contributed by atoms with E-state index in [9.17, 15) is 14.7 Å². The second kappa shape index (κ2) is 8.31. The van der Waals surface area contributed by atoms with Crippen molar-refractivity contribution in [2.45, 2.75) is 37.7 Å². The monoisotopic (exact) mass is 404 g/mol. The van der Waals surface area contributed by atoms with Gasteiger partial charge in [-0.1, -0.05) is 48.0 Å². The number of carbonyl (C=O) groups excluding carboxylic acids is 2. The van der Waals surface area contributed by atoms with Crippen LogP contribution < -0.4 is 0 Å². The molecule has 1 saturated heterocycles. The lowest BCUT2D eigenvalue weighted by molar-refractivity contribution is -0.140. The van der Waals surface area contributed by atoms with Gasteiger partial charge in [-0.2, -0.15) is 0 Å². The van der Waals surface area contributed by atoms with E-state index in [1.807, 2.05) is 12.1 Å². The molecule has 1 heterocycles. The number of benzene rings is 2. The second-order valence-electron chi connectivity index (χ2n) is 6.72. The van der Waals surface area contributed by atoms with Gasteiger partial charge in [0.1, 0.15) is 18.8 Å². The van der Waals surface area contributed by atoms with Crippen LogP contribution in [0.1, 0.15) is 38.3 Å². The smallest absolute Gasteiger partial charge is 0.338 e. The zero-order valence-corrected chi connectivity index (χ0v) is 16.3. The maximum atomic E-state index is 12.5. The zero-order chi connectivity index (χ0) is 20.3. The molecule has 3 atom stereocenters. The van der Waals surface area contributed by atoms with E-state index in [0.717, 1.165) is 11.1 Å². The van der Waals surface area contributed by atoms with Crippen molar-refractivity contribution in [3.63, 3.8) is 0 Å². The van der Waals surface area contributed by atoms with Crippen molar-refractivity contribution in [1.82, 2.24) is 0 Å². The van der Waals surface area contributed by atoms with Gasteiger partial charge in [-0.05, 0) is 37.1 Å². The quantitative estimate of drug-likeness (QED) is 0.607. The summed E-state index contributed by atoms with van der Waals surface area (Å²) in [7, 11) is 0. The summed E-state index contributed by atoms with van der Waals surface area (Å²) in [6.07, 6.45) is -1.89. The third-order valence-corrected chi connectivity index (χ3v) is 4.81. The van der Waals surface area contributed by atoms with Crippen LogP contribution in [0.2, 0.25) is 0 Å². The molecule has 1 aliphatic heterocycles. The molecule has 0 aliphatic carbocycles. The first-order valence-corrected chi connectivity index (χ1v) is 9.23. The number of rotatable bonds is 5. The fraction of sp³-hybridized carbons (Fsp3) is 0.333. The van der Waals surface area contributed by atoms with Crippen molar-refractivity contribution < 1.29 is 28.9 Å². The number of halogens is 1. The molecule has 6 nitrogen and oxygen atoms in total. The number of hydrogen-bond donors (Lipinski definition) is 1. The fourth-order valence-electron chi connectivity index (χ4n) is 3.03. The lowest BCUT2D eigenvalue weighted by Gasteiger charge is -2.19. The average molecular weight is 405 g/mol. The lowest BCUT2D eigenvalue weighted by Crippen LogP contribution is -2.32. The van der Waals surface area contributed by atoms with Gasteiger partial charge in [0.05, 0.1) is 17.5 Å². The van der Waals surface area contributed by atoms with Crippen LogP contribution in [0.3, 0.4) is 0 Å². The van der Waals surface area contributed by atoms with Crippen LogP contribution in [-0.2, 0) is 14.2 Å². The van der Waals surface area contributed by atoms with Crippen molar-refractivity contribution in [3.05, 3.63) is 70.8 Å². The summed E-state index contributed by atoms with van der Waals surface area (Å²) in [4.78, 5) is 24.8. The molecule has 2 aromatic carbocycles. The summed E-state index contributed by atoms with van der Waals surface area (Å²) in [5.74, 6) is -1.09. The zero-order valence-electron chi connectivity index (χ0n) is 15.6. The molecule has 0 saturated carbocycles. The van der Waals surface area contributed by atoms with Crippen LogP contribution in [0.25, 0.3) is 0 Å². The predicted octanol–water partition coefficient (Wildman–Crippen LogP) is 3.36. The van der Waals surface area contributed by atoms with Crippen LogP contribution in [-0.4, -0.2) is 41.1 Å². The van der Waals surface area contributed by atoms with Crippen LogP contribution >= 0.6 is 11.6 Å². The molecule has 148 valence electrons. The third kappa shape index (κ3) is 4.70. The number of aryl methyl sites for hydroxylation is 2. The van der Waals surface area contributed by atoms with Gasteiger partial charge in [0.25, 0.3) is 0 Å². The Bertz CT molecular complexity index is 879. The second-order valence-corrected chi connectivity index (χ2v) is 7.31. The highest BCUT2D eigenvalue weighted by Gasteiger charge is 2.47. The Labute approximate surface area is 168 Å². The highest BCUT2D eigenvalue weighted by atomic mass is 35.5. The van der Waals surface area contributed by atoms with Gasteiger partial charge >= 0.3 is 11.9 Å². The van der Waals surface area contributed by atoms with E-state index in [-0.39, 0.29) is 13.0 Å². The molecule has 0 spiro atoms. The van der Waals surface area contributed by atoms with Gasteiger partial charge in [0.15, 0.2) is 0 Å². The molecule has 2 aromatic rings. The molecule has 28 heavy (non-hydrogen) atoms. The van der Waals surface area contributed by atoms with E-state index < -0.39 is 29.4 Å². The number of aliphatic hydroxyl groups is 1. The molecule has 0 aromatic heterocycles. The minimum Gasteiger partial charge on any atom is -0.459 e. The van der Waals surface area contributed by atoms with E-state index in [1.165, 1.54) is 0 Å². The first-order chi connectivity index (χ1) is 13.3. The normalized spacial score (nSPS) is 24.0. The topological polar surface area (TPSA) is 82.1 Å². The van der Waals surface area contributed by atoms with Crippen molar-refractivity contribution in [3.8, 4) is 0 Å². The van der Waals surface area contributed by atoms with Crippen molar-refractivity contribution in [2.24, 2.45) is 0 Å². The summed E-state index contributed by atoms with van der Waals surface area (Å²) in [5, 5.41) is 8.02. The van der Waals surface area contributed by atoms with Gasteiger partial charge in [-0.25, -0.2) is 9.59 Å². The number of hydrogen-bond acceptors (Lipinski definition) is 6. The minimum absolute atomic E-state index is 0.140. The van der Waals surface area contributed by atoms with Gasteiger partial charge in [0.2, 0.25) is 5.25 Å². The molecule has 3 rings (SSSR count). The van der Waals surface area contributed by atoms with E-state index in [4.69, 9.17) is 25.8 Å². The van der Waals surface area contributed by atoms with Crippen LogP contribution in [0, 0.1) is 13.8 Å². The molecule has 1 aliphatic rings. The number of ether oxygens (including phenoxy) is 3. The maximum Gasteiger partial charge on any atom is 0.338 e. The lowest BCUT2D eigenvalue weighted by atomic mass is 10.1. The molecule has 7 heteroatoms. The van der Waals surface area contributed by atoms with Crippen molar-refractivity contribution >= 4 is 23.5 Å². The average Bonchev–Trinajstić information content (AvgIpc) is 2.93. The Morgan fingerprint density at radius 1 is 1.07 bits per heavy atom. The van der Waals surface area contributed by atoms with Gasteiger partial charge < -0.3 is 19.3 Å². The Morgan fingerprint density at radius 3 is 2.18 bits per heavy atom. The van der Waals surface area contributed by atoms with Crippen LogP contribution in [0.5, 0.6) is 0 Å². The third-order valence-electron chi connectivity index (χ3n) is 4.57. The van der Waals surface area contributed by atoms with Crippen LogP contribution in [0.4, 0.5) is 0 Å². The Hall–Kier alpha value is -2.41. The van der Waals surface area contributed by atoms with Gasteiger partial charge in [0, 0.05) is 0 Å². The standard InChI is InChI=1S/C21H21ClO6/c1-13-7-3-5-9-15(13)19(23)26-12-18-17(11-21(22,25)28-18)27-20(24)16-10-6-4-8-14(16)2/h3-10,17-18,25H,11-12H2,1-2H3/t17-,18+,21?/m0/s1. The fourth-order valence-corrected chi connectivity index (χ4v) is 3.30. The number of carbonyl (C=O) groups is 2. The SMILES string of the molecule is Cc1ccccc1C(=O)OC[C@H]1OC(O)(Cl)C[C@@H]1OC(=O)c1ccccc1C. The highest BCUT2D eigenvalue weighted by molar-refractivity contribution is 6.21. The van der Waals surface area contributed by atoms with Gasteiger partial charge in [-0.15, -0.1) is 0 Å². The molecule has 0 bridgehead atoms. The van der Waals surface area contributed by atoms with Crippen molar-refractivity contribution in [2.75, 3.05) is 6.61 Å². The Balaban J connectivity index is 1.67. The first kappa shape index (κ1) is 20.3. The van der Waals surface area contributed by atoms with E-state index >= 15 is 0 Å². The number of esters is 2. The summed E-state index contributed by atoms with van der Waals surface area (Å²) in [5.41, 5.74) is 2.37. The molecule has 0 amide bonds. The molecular weight excluding hydrogens is 384 g/mol. The highest BCUT2D eigenvalue weighted by Crippen LogP contribution is 2.34. The van der Waals surface area contributed by atoms with Gasteiger partial charge in [-0.3, -0.25) is 0 Å². The summed E-state index contributed by atoms with van der Waals surface area (Å²) < 4.78 is 16.1. The van der Waals surface area contributed by atoms with E-state index in [2.05, 4.69) is 0 Å². The predicted molar refractivity (Wildman–Crippen MR) is 102 cm³/mol.